The maximum atomic E-state index is 14.2. The summed E-state index contributed by atoms with van der Waals surface area (Å²) in [6.07, 6.45) is 10.1. The number of carbonyl (C=O) groups excluding carboxylic acids is 7. The van der Waals surface area contributed by atoms with Crippen LogP contribution in [0.3, 0.4) is 0 Å². The highest BCUT2D eigenvalue weighted by Gasteiger charge is 2.47. The number of imide groups is 1. The highest BCUT2D eigenvalue weighted by Crippen LogP contribution is 2.38. The standard InChI is InChI=1S/C63H94N6O16/c1-11-48(71)43(6)58-49(83-58)38-62(8,81)29-15-17-41(4)57-42(5)20-25-50(63(9,82-10)30-28-47(70)37-55(77)85-57)84-61(80)67-32-35-69(36-33-67,34-16-19-54(75)76)39-45-21-23-46(24-22-45)65-59(78)44(7)64-60(79)56(40(2)3)66-51(72)18-13-12-14-31-68-52(73)26-27-53(68)74/h15,17,20-27,29,40,42-44,47-50,56-58,70-71,81H,11-14,16,18-19,28,30-39H2,1-10H3,(H3-,64,65,66,72,75,76,78,79)/p+1/b25-20+,29-15+,41-17+/t42-,43+,44?,47+,48-,49+,50-,56?,57+,58+,62?,63+/m0/s1. The number of aliphatic carboxylic acids is 1. The van der Waals surface area contributed by atoms with E-state index >= 15 is 0 Å². The van der Waals surface area contributed by atoms with Crippen molar-refractivity contribution < 1.29 is 82.2 Å². The van der Waals surface area contributed by atoms with Gasteiger partial charge in [0.1, 0.15) is 30.3 Å². The number of rotatable bonds is 28. The van der Waals surface area contributed by atoms with Gasteiger partial charge in [0.15, 0.2) is 6.10 Å². The van der Waals surface area contributed by atoms with Crippen LogP contribution in [-0.2, 0) is 59.1 Å². The van der Waals surface area contributed by atoms with Gasteiger partial charge in [-0.25, -0.2) is 4.79 Å². The number of ether oxygens (including phenoxy) is 4. The molecule has 22 nitrogen and oxygen atoms in total. The van der Waals surface area contributed by atoms with E-state index in [9.17, 15) is 58.8 Å². The van der Waals surface area contributed by atoms with Crippen LogP contribution in [0.5, 0.6) is 0 Å². The van der Waals surface area contributed by atoms with Gasteiger partial charge in [-0.15, -0.1) is 0 Å². The molecule has 2 saturated heterocycles. The van der Waals surface area contributed by atoms with Gasteiger partial charge in [0.2, 0.25) is 17.7 Å². The van der Waals surface area contributed by atoms with E-state index in [1.807, 2.05) is 45.9 Å². The molecule has 472 valence electrons. The number of carboxylic acid groups (broad SMARTS) is 1. The number of aliphatic hydroxyl groups is 3. The predicted molar refractivity (Wildman–Crippen MR) is 317 cm³/mol. The molecule has 12 atom stereocenters. The van der Waals surface area contributed by atoms with Crippen molar-refractivity contribution in [3.8, 4) is 0 Å². The van der Waals surface area contributed by atoms with Gasteiger partial charge in [0, 0.05) is 68.2 Å². The molecule has 3 unspecified atom stereocenters. The molecule has 1 aromatic carbocycles. The molecule has 1 aromatic rings. The lowest BCUT2D eigenvalue weighted by Gasteiger charge is -2.45. The van der Waals surface area contributed by atoms with Gasteiger partial charge in [0.25, 0.3) is 11.8 Å². The first-order chi connectivity index (χ1) is 40.1. The minimum Gasteiger partial charge on any atom is -0.481 e. The van der Waals surface area contributed by atoms with Gasteiger partial charge in [0.05, 0.1) is 75.6 Å². The van der Waals surface area contributed by atoms with E-state index in [0.29, 0.717) is 93.5 Å². The molecule has 4 aliphatic rings. The lowest BCUT2D eigenvalue weighted by Crippen LogP contribution is -2.60. The number of piperazine rings is 1. The third-order valence-electron chi connectivity index (χ3n) is 17.0. The number of amides is 6. The van der Waals surface area contributed by atoms with Crippen LogP contribution >= 0.6 is 0 Å². The molecule has 0 aliphatic carbocycles. The SMILES string of the molecule is CC[C@H](O)[C@@H](C)[C@H]1O[C@@H]1CC(C)(O)/C=C/C=C(\C)[C@H]1OC(=O)C[C@H](O)CC[C@@](C)(OC)[C@@H](OC(=O)N2CC[N+](CCCC(=O)O)(Cc3ccc(NC(=O)C(C)NC(=O)C(NC(=O)CCCCCN4C(=O)C=CC4=O)C(C)C)cc3)CC2)/C=C/[C@@H]1C. The van der Waals surface area contributed by atoms with Crippen molar-refractivity contribution in [3.05, 3.63) is 77.9 Å². The molecule has 7 N–H and O–H groups in total. The molecule has 0 saturated carbocycles. The lowest BCUT2D eigenvalue weighted by atomic mass is 9.88. The van der Waals surface area contributed by atoms with Crippen molar-refractivity contribution in [1.29, 1.82) is 0 Å². The largest absolute Gasteiger partial charge is 0.481 e. The number of carbonyl (C=O) groups is 8. The number of allylic oxidation sites excluding steroid dienone is 2. The smallest absolute Gasteiger partial charge is 0.410 e. The number of aliphatic hydroxyl groups excluding tert-OH is 2. The minimum atomic E-state index is -1.22. The fourth-order valence-corrected chi connectivity index (χ4v) is 11.2. The molecule has 0 aromatic heterocycles. The molecule has 6 amide bonds. The number of epoxide rings is 1. The topological polar surface area (TPSA) is 300 Å². The van der Waals surface area contributed by atoms with Crippen molar-refractivity contribution in [1.82, 2.24) is 20.4 Å². The maximum Gasteiger partial charge on any atom is 0.410 e. The highest BCUT2D eigenvalue weighted by atomic mass is 16.6. The summed E-state index contributed by atoms with van der Waals surface area (Å²) < 4.78 is 24.6. The number of hydrogen-bond donors (Lipinski definition) is 7. The van der Waals surface area contributed by atoms with Gasteiger partial charge in [-0.3, -0.25) is 43.4 Å². The molecule has 0 spiro atoms. The van der Waals surface area contributed by atoms with Crippen molar-refractivity contribution in [2.24, 2.45) is 17.8 Å². The van der Waals surface area contributed by atoms with Gasteiger partial charge < -0.3 is 59.8 Å². The van der Waals surface area contributed by atoms with E-state index in [-0.39, 0.29) is 80.4 Å². The number of esters is 1. The molecule has 85 heavy (non-hydrogen) atoms. The van der Waals surface area contributed by atoms with Crippen LogP contribution in [0.25, 0.3) is 0 Å². The summed E-state index contributed by atoms with van der Waals surface area (Å²) >= 11 is 0. The Hall–Kier alpha value is -6.30. The molecule has 0 radical (unpaired) electrons. The first kappa shape index (κ1) is 69.5. The number of nitrogens with one attached hydrogen (secondary N) is 3. The molecule has 2 fully saturated rings. The number of benzene rings is 1. The van der Waals surface area contributed by atoms with Crippen LogP contribution in [0.15, 0.2) is 72.4 Å². The first-order valence-electron chi connectivity index (χ1n) is 30.2. The number of nitrogens with zero attached hydrogens (tertiary/aromatic N) is 3. The summed E-state index contributed by atoms with van der Waals surface area (Å²) in [5.74, 6) is -4.32. The van der Waals surface area contributed by atoms with E-state index in [1.165, 1.54) is 19.3 Å². The van der Waals surface area contributed by atoms with Crippen LogP contribution in [-0.4, -0.2) is 189 Å². The van der Waals surface area contributed by atoms with Crippen LogP contribution in [0.2, 0.25) is 0 Å². The summed E-state index contributed by atoms with van der Waals surface area (Å²) in [6, 6.07) is 5.38. The second-order valence-corrected chi connectivity index (χ2v) is 24.5. The van der Waals surface area contributed by atoms with E-state index in [2.05, 4.69) is 16.0 Å². The third kappa shape index (κ3) is 21.3. The fraction of sp³-hybridized carbons (Fsp3) is 0.651. The predicted octanol–water partition coefficient (Wildman–Crippen LogP) is 5.63. The normalized spacial score (nSPS) is 26.3. The number of cyclic esters (lactones) is 1. The monoisotopic (exact) mass is 1190 g/mol. The van der Waals surface area contributed by atoms with E-state index in [4.69, 9.17) is 18.9 Å². The van der Waals surface area contributed by atoms with E-state index in [1.54, 1.807) is 76.0 Å². The lowest BCUT2D eigenvalue weighted by molar-refractivity contribution is -0.944. The summed E-state index contributed by atoms with van der Waals surface area (Å²) in [4.78, 5) is 105. The summed E-state index contributed by atoms with van der Waals surface area (Å²) in [7, 11) is 1.50. The molecule has 0 bridgehead atoms. The second kappa shape index (κ2) is 31.9. The zero-order valence-electron chi connectivity index (χ0n) is 51.5. The van der Waals surface area contributed by atoms with Crippen LogP contribution in [0.4, 0.5) is 10.5 Å². The minimum absolute atomic E-state index is 0.0317. The van der Waals surface area contributed by atoms with E-state index in [0.717, 1.165) is 10.5 Å². The zero-order chi connectivity index (χ0) is 62.8. The highest BCUT2D eigenvalue weighted by molar-refractivity contribution is 6.12. The molecular weight excluding hydrogens is 1100 g/mol. The Kier molecular flexibility index (Phi) is 26.1. The number of hydrogen-bond acceptors (Lipinski definition) is 15. The summed E-state index contributed by atoms with van der Waals surface area (Å²) in [5, 5.41) is 50.5. The first-order valence-corrected chi connectivity index (χ1v) is 30.2. The summed E-state index contributed by atoms with van der Waals surface area (Å²) in [6.45, 7) is 19.0. The Morgan fingerprint density at radius 3 is 2.24 bits per heavy atom. The van der Waals surface area contributed by atoms with Gasteiger partial charge >= 0.3 is 18.0 Å². The number of unbranched alkanes of at least 4 members (excludes halogenated alkanes) is 2. The Morgan fingerprint density at radius 1 is 0.941 bits per heavy atom. The molecule has 4 heterocycles. The van der Waals surface area contributed by atoms with E-state index < -0.39 is 83.5 Å². The zero-order valence-corrected chi connectivity index (χ0v) is 51.5. The van der Waals surface area contributed by atoms with Crippen LogP contribution < -0.4 is 16.0 Å². The number of quaternary nitrogens is 1. The Balaban J connectivity index is 1.18. The third-order valence-corrected chi connectivity index (χ3v) is 17.0. The Morgan fingerprint density at radius 2 is 1.61 bits per heavy atom. The van der Waals surface area contributed by atoms with Gasteiger partial charge in [-0.1, -0.05) is 77.5 Å². The van der Waals surface area contributed by atoms with Crippen LogP contribution in [0, 0.1) is 17.8 Å². The number of anilines is 1. The number of methoxy groups -OCH3 is 1. The average Bonchev–Trinajstić information content (AvgIpc) is 2.95. The number of carboxylic acids is 1. The quantitative estimate of drug-likeness (QED) is 0.0102. The van der Waals surface area contributed by atoms with Crippen molar-refractivity contribution >= 4 is 53.3 Å². The molecular formula is C63H95N6O16+. The summed E-state index contributed by atoms with van der Waals surface area (Å²) in [5.41, 5.74) is -0.289. The van der Waals surface area contributed by atoms with Crippen molar-refractivity contribution in [2.75, 3.05) is 51.7 Å². The van der Waals surface area contributed by atoms with Crippen LogP contribution in [0.1, 0.15) is 139 Å². The van der Waals surface area contributed by atoms with Crippen molar-refractivity contribution in [3.63, 3.8) is 0 Å². The Labute approximate surface area is 501 Å². The molecule has 5 rings (SSSR count). The van der Waals surface area contributed by atoms with Crippen molar-refractivity contribution in [2.45, 2.75) is 199 Å². The second-order valence-electron chi connectivity index (χ2n) is 24.5. The average molecular weight is 1190 g/mol. The Bertz CT molecular complexity index is 2570. The van der Waals surface area contributed by atoms with Gasteiger partial charge in [-0.05, 0) is 89.5 Å². The maximum absolute atomic E-state index is 14.2. The fourth-order valence-electron chi connectivity index (χ4n) is 11.2. The molecule has 22 heteroatoms. The molecule has 4 aliphatic heterocycles. The van der Waals surface area contributed by atoms with Gasteiger partial charge in [-0.2, -0.15) is 0 Å².